The van der Waals surface area contributed by atoms with Gasteiger partial charge in [-0.15, -0.1) is 5.10 Å². The van der Waals surface area contributed by atoms with E-state index in [4.69, 9.17) is 32.7 Å². The molecule has 1 amide bonds. The maximum atomic E-state index is 12.1. The number of hydrogen-bond donors (Lipinski definition) is 2. The van der Waals surface area contributed by atoms with Gasteiger partial charge in [0.15, 0.2) is 6.04 Å². The van der Waals surface area contributed by atoms with Gasteiger partial charge in [0, 0.05) is 21.3 Å². The van der Waals surface area contributed by atoms with Crippen LogP contribution in [0.1, 0.15) is 17.4 Å². The predicted octanol–water partition coefficient (Wildman–Crippen LogP) is 2.23. The number of quaternary nitrogens is 1. The van der Waals surface area contributed by atoms with Crippen molar-refractivity contribution in [3.05, 3.63) is 70.0 Å². The molecule has 0 spiro atoms. The molecule has 11 heteroatoms. The summed E-state index contributed by atoms with van der Waals surface area (Å²) < 4.78 is 12.5. The Morgan fingerprint density at radius 2 is 1.75 bits per heavy atom. The molecule has 1 aliphatic heterocycles. The number of morpholine rings is 1. The first-order valence-electron chi connectivity index (χ1n) is 10.2. The fourth-order valence-electron chi connectivity index (χ4n) is 3.63. The summed E-state index contributed by atoms with van der Waals surface area (Å²) in [6, 6.07) is 14.4. The van der Waals surface area contributed by atoms with E-state index < -0.39 is 6.09 Å². The summed E-state index contributed by atoms with van der Waals surface area (Å²) in [5.41, 5.74) is 1.66. The highest BCUT2D eigenvalue weighted by atomic mass is 35.5. The number of amides is 1. The fourth-order valence-corrected chi connectivity index (χ4v) is 3.89. The molecule has 2 N–H and O–H groups in total. The van der Waals surface area contributed by atoms with E-state index in [1.54, 1.807) is 28.9 Å². The first-order valence-corrected chi connectivity index (χ1v) is 11.0. The molecule has 168 valence electrons. The Balaban J connectivity index is 1.43. The molecule has 0 radical (unpaired) electrons. The number of nitrogens with zero attached hydrogens (tertiary/aromatic N) is 4. The summed E-state index contributed by atoms with van der Waals surface area (Å²) in [7, 11) is 0. The van der Waals surface area contributed by atoms with Gasteiger partial charge in [0.05, 0.1) is 19.8 Å². The number of nitrogens with one attached hydrogen (secondary N) is 2. The molecule has 1 saturated heterocycles. The van der Waals surface area contributed by atoms with E-state index in [0.29, 0.717) is 41.3 Å². The zero-order valence-corrected chi connectivity index (χ0v) is 18.7. The Labute approximate surface area is 195 Å². The van der Waals surface area contributed by atoms with Crippen LogP contribution in [0.25, 0.3) is 0 Å². The predicted molar refractivity (Wildman–Crippen MR) is 119 cm³/mol. The lowest BCUT2D eigenvalue weighted by molar-refractivity contribution is -0.933. The summed E-state index contributed by atoms with van der Waals surface area (Å²) in [5, 5.41) is 16.2. The molecule has 4 rings (SSSR count). The van der Waals surface area contributed by atoms with Gasteiger partial charge in [-0.1, -0.05) is 35.3 Å². The molecule has 9 nitrogen and oxygen atoms in total. The van der Waals surface area contributed by atoms with E-state index in [9.17, 15) is 4.79 Å². The molecular weight excluding hydrogens is 455 g/mol. The minimum atomic E-state index is -0.560. The Morgan fingerprint density at radius 3 is 2.44 bits per heavy atom. The molecule has 3 aromatic rings. The molecule has 1 fully saturated rings. The lowest BCUT2D eigenvalue weighted by atomic mass is 10.0. The highest BCUT2D eigenvalue weighted by molar-refractivity contribution is 6.30. The van der Waals surface area contributed by atoms with Crippen LogP contribution in [0.15, 0.2) is 48.5 Å². The van der Waals surface area contributed by atoms with Crippen molar-refractivity contribution < 1.29 is 19.2 Å². The molecular formula is C21H23Cl2N6O3+. The molecule has 0 saturated carbocycles. The molecule has 1 atom stereocenters. The van der Waals surface area contributed by atoms with Gasteiger partial charge >= 0.3 is 6.09 Å². The van der Waals surface area contributed by atoms with E-state index in [1.165, 1.54) is 4.90 Å². The Kier molecular flexibility index (Phi) is 7.54. The number of anilines is 1. The van der Waals surface area contributed by atoms with E-state index in [0.717, 1.165) is 18.7 Å². The van der Waals surface area contributed by atoms with Gasteiger partial charge in [0.25, 0.3) is 0 Å². The molecule has 2 heterocycles. The largest absolute Gasteiger partial charge is 0.447 e. The van der Waals surface area contributed by atoms with Gasteiger partial charge in [-0.2, -0.15) is 0 Å². The summed E-state index contributed by atoms with van der Waals surface area (Å²) in [4.78, 5) is 13.4. The third-order valence-corrected chi connectivity index (χ3v) is 5.70. The van der Waals surface area contributed by atoms with Crippen molar-refractivity contribution in [2.24, 2.45) is 0 Å². The van der Waals surface area contributed by atoms with Crippen LogP contribution in [0, 0.1) is 0 Å². The van der Waals surface area contributed by atoms with Crippen molar-refractivity contribution in [3.8, 4) is 0 Å². The van der Waals surface area contributed by atoms with Crippen molar-refractivity contribution in [2.75, 3.05) is 38.2 Å². The van der Waals surface area contributed by atoms with Crippen molar-refractivity contribution in [3.63, 3.8) is 0 Å². The molecule has 0 bridgehead atoms. The Hall–Kier alpha value is -2.72. The molecule has 1 aromatic heterocycles. The number of tetrazole rings is 1. The number of benzene rings is 2. The van der Waals surface area contributed by atoms with Crippen molar-refractivity contribution >= 4 is 35.0 Å². The van der Waals surface area contributed by atoms with Crippen LogP contribution in [0.5, 0.6) is 0 Å². The second kappa shape index (κ2) is 10.7. The third kappa shape index (κ3) is 5.74. The molecule has 0 unspecified atom stereocenters. The molecule has 32 heavy (non-hydrogen) atoms. The van der Waals surface area contributed by atoms with Gasteiger partial charge in [-0.3, -0.25) is 5.32 Å². The minimum absolute atomic E-state index is 0.0888. The van der Waals surface area contributed by atoms with Gasteiger partial charge in [-0.25, -0.2) is 9.48 Å². The van der Waals surface area contributed by atoms with E-state index in [1.807, 2.05) is 24.3 Å². The van der Waals surface area contributed by atoms with Crippen molar-refractivity contribution in [1.29, 1.82) is 0 Å². The number of rotatable bonds is 7. The van der Waals surface area contributed by atoms with Crippen LogP contribution in [-0.4, -0.2) is 59.2 Å². The number of carbonyl (C=O) groups excluding carboxylic acids is 1. The summed E-state index contributed by atoms with van der Waals surface area (Å²) >= 11 is 11.9. The smallest absolute Gasteiger partial charge is 0.411 e. The number of carbonyl (C=O) groups is 1. The summed E-state index contributed by atoms with van der Waals surface area (Å²) in [5.74, 6) is 0.700. The molecule has 0 aliphatic carbocycles. The summed E-state index contributed by atoms with van der Waals surface area (Å²) in [6.07, 6.45) is -0.560. The highest BCUT2D eigenvalue weighted by Crippen LogP contribution is 2.20. The number of hydrogen-bond acceptors (Lipinski definition) is 6. The van der Waals surface area contributed by atoms with Gasteiger partial charge in [-0.05, 0) is 46.8 Å². The maximum Gasteiger partial charge on any atom is 0.411 e. The maximum absolute atomic E-state index is 12.1. The van der Waals surface area contributed by atoms with Crippen molar-refractivity contribution in [2.45, 2.75) is 12.6 Å². The SMILES string of the molecule is O=C(Nc1ccc(Cl)cc1)OCCn1nnnc1[C@@H](c1ccc(Cl)cc1)[NH+]1CCOCC1. The minimum Gasteiger partial charge on any atom is -0.447 e. The second-order valence-corrected chi connectivity index (χ2v) is 8.16. The zero-order chi connectivity index (χ0) is 22.3. The van der Waals surface area contributed by atoms with Crippen LogP contribution >= 0.6 is 23.2 Å². The first-order chi connectivity index (χ1) is 15.6. The van der Waals surface area contributed by atoms with Crippen LogP contribution in [0.4, 0.5) is 10.5 Å². The van der Waals surface area contributed by atoms with Crippen LogP contribution in [-0.2, 0) is 16.0 Å². The number of aromatic nitrogens is 4. The Morgan fingerprint density at radius 1 is 1.09 bits per heavy atom. The van der Waals surface area contributed by atoms with E-state index >= 15 is 0 Å². The lowest BCUT2D eigenvalue weighted by Crippen LogP contribution is -3.14. The lowest BCUT2D eigenvalue weighted by Gasteiger charge is -2.31. The topological polar surface area (TPSA) is 95.6 Å². The van der Waals surface area contributed by atoms with Gasteiger partial charge in [0.1, 0.15) is 19.7 Å². The Bertz CT molecular complexity index is 1020. The van der Waals surface area contributed by atoms with Gasteiger partial charge in [0.2, 0.25) is 5.82 Å². The average molecular weight is 478 g/mol. The monoisotopic (exact) mass is 477 g/mol. The summed E-state index contributed by atoms with van der Waals surface area (Å²) in [6.45, 7) is 3.46. The number of ether oxygens (including phenoxy) is 2. The normalized spacial score (nSPS) is 15.3. The van der Waals surface area contributed by atoms with Crippen molar-refractivity contribution in [1.82, 2.24) is 20.2 Å². The first kappa shape index (κ1) is 22.5. The van der Waals surface area contributed by atoms with Crippen LogP contribution < -0.4 is 10.2 Å². The zero-order valence-electron chi connectivity index (χ0n) is 17.2. The van der Waals surface area contributed by atoms with Crippen LogP contribution in [0.3, 0.4) is 0 Å². The van der Waals surface area contributed by atoms with Gasteiger partial charge < -0.3 is 14.4 Å². The number of halogens is 2. The standard InChI is InChI=1S/C21H22Cl2N6O3/c22-16-3-1-15(2-4-16)19(28-9-12-31-13-10-28)20-25-26-27-29(20)11-14-32-21(30)24-18-7-5-17(23)6-8-18/h1-8,19H,9-14H2,(H,24,30)/p+1/t19-/m1/s1. The molecule has 2 aromatic carbocycles. The third-order valence-electron chi connectivity index (χ3n) is 5.19. The fraction of sp³-hybridized carbons (Fsp3) is 0.333. The quantitative estimate of drug-likeness (QED) is 0.541. The van der Waals surface area contributed by atoms with E-state index in [2.05, 4.69) is 20.8 Å². The van der Waals surface area contributed by atoms with E-state index in [-0.39, 0.29) is 12.6 Å². The second-order valence-electron chi connectivity index (χ2n) is 7.28. The average Bonchev–Trinajstić information content (AvgIpc) is 3.25. The van der Waals surface area contributed by atoms with Crippen LogP contribution in [0.2, 0.25) is 10.0 Å². The molecule has 1 aliphatic rings. The highest BCUT2D eigenvalue weighted by Gasteiger charge is 2.32.